The first kappa shape index (κ1) is 28.1. The quantitative estimate of drug-likeness (QED) is 0.339. The zero-order chi connectivity index (χ0) is 29.0. The van der Waals surface area contributed by atoms with Gasteiger partial charge < -0.3 is 25.3 Å². The molecule has 0 saturated heterocycles. The molecule has 0 aliphatic rings. The Morgan fingerprint density at radius 2 is 1.51 bits per heavy atom. The number of benzene rings is 3. The third-order valence-corrected chi connectivity index (χ3v) is 6.11. The second kappa shape index (κ2) is 11.3. The minimum absolute atomic E-state index is 0.0773. The van der Waals surface area contributed by atoms with E-state index in [9.17, 15) is 29.4 Å². The number of carbonyl (C=O) groups is 4. The van der Waals surface area contributed by atoms with Crippen LogP contribution in [0, 0.1) is 16.7 Å². The van der Waals surface area contributed by atoms with Gasteiger partial charge in [-0.2, -0.15) is 5.26 Å². The number of carbonyl (C=O) groups excluding carboxylic acids is 3. The monoisotopic (exact) mass is 527 g/mol. The molecule has 0 saturated carbocycles. The average molecular weight is 528 g/mol. The Morgan fingerprint density at radius 1 is 0.897 bits per heavy atom. The number of hydrogen-bond acceptors (Lipinski definition) is 7. The van der Waals surface area contributed by atoms with E-state index in [2.05, 4.69) is 5.32 Å². The van der Waals surface area contributed by atoms with Crippen LogP contribution in [0.4, 0.5) is 17.1 Å². The third-order valence-electron chi connectivity index (χ3n) is 6.11. The fraction of sp³-hybridized carbons (Fsp3) is 0.143. The van der Waals surface area contributed by atoms with E-state index in [1.54, 1.807) is 31.3 Å². The van der Waals surface area contributed by atoms with Crippen LogP contribution in [0.15, 0.2) is 54.6 Å². The number of amides is 3. The molecule has 0 atom stereocenters. The number of carboxylic acids is 1. The van der Waals surface area contributed by atoms with Crippen LogP contribution in [0.2, 0.25) is 0 Å². The molecule has 0 spiro atoms. The number of nitrogens with one attached hydrogen (secondary N) is 2. The molecule has 0 aliphatic heterocycles. The van der Waals surface area contributed by atoms with Crippen LogP contribution < -0.4 is 15.1 Å². The standard InChI is InChI=1S/C28H25N5O6/c1-15(34)32(3)19-8-6-18(7-9-19)20-12-22(25(36)13-24(20)33(4)16(2)35)26(30)27(37)31-23-10-5-17(14-29)11-21(23)28(38)39/h5-13,30,36H,1-4H3,(H,31,37)(H,38,39). The highest BCUT2D eigenvalue weighted by atomic mass is 16.4. The normalized spacial score (nSPS) is 10.2. The summed E-state index contributed by atoms with van der Waals surface area (Å²) in [4.78, 5) is 51.2. The second-order valence-corrected chi connectivity index (χ2v) is 8.60. The molecule has 0 unspecified atom stereocenters. The van der Waals surface area contributed by atoms with Gasteiger partial charge >= 0.3 is 5.97 Å². The number of carboxylic acid groups (broad SMARTS) is 1. The first-order chi connectivity index (χ1) is 18.3. The highest BCUT2D eigenvalue weighted by Gasteiger charge is 2.23. The summed E-state index contributed by atoms with van der Waals surface area (Å²) in [6.45, 7) is 2.76. The van der Waals surface area contributed by atoms with E-state index in [0.29, 0.717) is 22.5 Å². The van der Waals surface area contributed by atoms with Crippen molar-refractivity contribution in [2.45, 2.75) is 13.8 Å². The third kappa shape index (κ3) is 5.91. The van der Waals surface area contributed by atoms with Gasteiger partial charge in [-0.05, 0) is 42.0 Å². The summed E-state index contributed by atoms with van der Waals surface area (Å²) >= 11 is 0. The number of hydrogen-bond donors (Lipinski definition) is 4. The van der Waals surface area contributed by atoms with Gasteiger partial charge in [0, 0.05) is 50.8 Å². The summed E-state index contributed by atoms with van der Waals surface area (Å²) in [6.07, 6.45) is 0. The minimum atomic E-state index is -1.38. The topological polar surface area (TPSA) is 175 Å². The molecular weight excluding hydrogens is 502 g/mol. The van der Waals surface area contributed by atoms with Gasteiger partial charge in [-0.25, -0.2) is 4.79 Å². The molecule has 3 aromatic carbocycles. The van der Waals surface area contributed by atoms with Crippen LogP contribution in [0.1, 0.15) is 35.3 Å². The molecule has 0 heterocycles. The van der Waals surface area contributed by atoms with Gasteiger partial charge in [-0.1, -0.05) is 12.1 Å². The number of nitrogens with zero attached hydrogens (tertiary/aromatic N) is 3. The van der Waals surface area contributed by atoms with Gasteiger partial charge in [0.25, 0.3) is 5.91 Å². The van der Waals surface area contributed by atoms with Gasteiger partial charge in [0.15, 0.2) is 0 Å². The van der Waals surface area contributed by atoms with Crippen molar-refractivity contribution in [3.8, 4) is 22.9 Å². The fourth-order valence-corrected chi connectivity index (χ4v) is 3.71. The van der Waals surface area contributed by atoms with Gasteiger partial charge in [0.05, 0.1) is 28.6 Å². The zero-order valence-electron chi connectivity index (χ0n) is 21.6. The van der Waals surface area contributed by atoms with Crippen molar-refractivity contribution in [1.29, 1.82) is 10.7 Å². The van der Waals surface area contributed by atoms with Gasteiger partial charge in [-0.3, -0.25) is 19.8 Å². The lowest BCUT2D eigenvalue weighted by molar-refractivity contribution is -0.117. The summed E-state index contributed by atoms with van der Waals surface area (Å²) in [5.74, 6) is -3.33. The summed E-state index contributed by atoms with van der Waals surface area (Å²) in [7, 11) is 3.13. The van der Waals surface area contributed by atoms with E-state index < -0.39 is 23.3 Å². The van der Waals surface area contributed by atoms with Crippen molar-refractivity contribution in [2.24, 2.45) is 0 Å². The molecule has 3 aromatic rings. The Morgan fingerprint density at radius 3 is 2.05 bits per heavy atom. The molecule has 3 rings (SSSR count). The molecule has 0 fully saturated rings. The van der Waals surface area contributed by atoms with Crippen LogP contribution in [-0.2, 0) is 14.4 Å². The highest BCUT2D eigenvalue weighted by Crippen LogP contribution is 2.37. The van der Waals surface area contributed by atoms with E-state index in [1.165, 1.54) is 55.0 Å². The Hall–Kier alpha value is -5.50. The molecule has 3 amide bonds. The van der Waals surface area contributed by atoms with E-state index >= 15 is 0 Å². The van der Waals surface area contributed by atoms with E-state index in [4.69, 9.17) is 10.7 Å². The number of rotatable bonds is 7. The lowest BCUT2D eigenvalue weighted by Gasteiger charge is -2.22. The van der Waals surface area contributed by atoms with Gasteiger partial charge in [0.1, 0.15) is 11.5 Å². The second-order valence-electron chi connectivity index (χ2n) is 8.60. The molecule has 0 aliphatic carbocycles. The first-order valence-corrected chi connectivity index (χ1v) is 11.5. The van der Waals surface area contributed by atoms with Gasteiger partial charge in [0.2, 0.25) is 11.8 Å². The largest absolute Gasteiger partial charge is 0.507 e. The van der Waals surface area contributed by atoms with Crippen molar-refractivity contribution in [3.05, 3.63) is 71.3 Å². The number of aromatic hydroxyl groups is 1. The van der Waals surface area contributed by atoms with Crippen LogP contribution in [0.25, 0.3) is 11.1 Å². The number of phenolic OH excluding ortho intramolecular Hbond substituents is 1. The number of phenols is 1. The maximum Gasteiger partial charge on any atom is 0.337 e. The summed E-state index contributed by atoms with van der Waals surface area (Å²) in [6, 6.07) is 14.9. The summed E-state index contributed by atoms with van der Waals surface area (Å²) in [5.41, 5.74) is 0.698. The number of nitriles is 1. The summed E-state index contributed by atoms with van der Waals surface area (Å²) in [5, 5.41) is 40.0. The van der Waals surface area contributed by atoms with Crippen molar-refractivity contribution in [1.82, 2.24) is 0 Å². The Labute approximate surface area is 224 Å². The van der Waals surface area contributed by atoms with Crippen molar-refractivity contribution in [2.75, 3.05) is 29.2 Å². The van der Waals surface area contributed by atoms with Crippen LogP contribution >= 0.6 is 0 Å². The van der Waals surface area contributed by atoms with E-state index in [1.807, 2.05) is 6.07 Å². The molecule has 0 aromatic heterocycles. The fourth-order valence-electron chi connectivity index (χ4n) is 3.71. The Bertz CT molecular complexity index is 1560. The smallest absolute Gasteiger partial charge is 0.337 e. The minimum Gasteiger partial charge on any atom is -0.507 e. The number of aromatic carboxylic acids is 1. The van der Waals surface area contributed by atoms with E-state index in [0.717, 1.165) is 6.07 Å². The molecule has 11 nitrogen and oxygen atoms in total. The maximum absolute atomic E-state index is 12.9. The van der Waals surface area contributed by atoms with Crippen LogP contribution in [0.3, 0.4) is 0 Å². The van der Waals surface area contributed by atoms with Crippen LogP contribution in [-0.4, -0.2) is 53.7 Å². The molecule has 39 heavy (non-hydrogen) atoms. The Balaban J connectivity index is 2.06. The molecule has 0 bridgehead atoms. The SMILES string of the molecule is CC(=O)N(C)c1ccc(-c2cc(C(=N)C(=O)Nc3ccc(C#N)cc3C(=O)O)c(O)cc2N(C)C(C)=O)cc1. The predicted octanol–water partition coefficient (Wildman–Crippen LogP) is 3.60. The lowest BCUT2D eigenvalue weighted by Crippen LogP contribution is -2.26. The molecule has 198 valence electrons. The first-order valence-electron chi connectivity index (χ1n) is 11.5. The van der Waals surface area contributed by atoms with Crippen molar-refractivity contribution in [3.63, 3.8) is 0 Å². The molecule has 11 heteroatoms. The number of anilines is 3. The molecule has 4 N–H and O–H groups in total. The van der Waals surface area contributed by atoms with Gasteiger partial charge in [-0.15, -0.1) is 0 Å². The average Bonchev–Trinajstić information content (AvgIpc) is 2.91. The van der Waals surface area contributed by atoms with Crippen molar-refractivity contribution < 1.29 is 29.4 Å². The zero-order valence-corrected chi connectivity index (χ0v) is 21.6. The lowest BCUT2D eigenvalue weighted by atomic mass is 9.96. The Kier molecular flexibility index (Phi) is 8.11. The summed E-state index contributed by atoms with van der Waals surface area (Å²) < 4.78 is 0. The van der Waals surface area contributed by atoms with E-state index in [-0.39, 0.29) is 34.2 Å². The highest BCUT2D eigenvalue weighted by molar-refractivity contribution is 6.48. The molecule has 0 radical (unpaired) electrons. The van der Waals surface area contributed by atoms with Crippen LogP contribution in [0.5, 0.6) is 5.75 Å². The predicted molar refractivity (Wildman–Crippen MR) is 145 cm³/mol. The molecular formula is C28H25N5O6. The van der Waals surface area contributed by atoms with Crippen molar-refractivity contribution >= 4 is 46.5 Å². The maximum atomic E-state index is 12.9.